The van der Waals surface area contributed by atoms with Crippen LogP contribution in [0.5, 0.6) is 0 Å². The monoisotopic (exact) mass is 248 g/mol. The number of halogens is 2. The predicted octanol–water partition coefficient (Wildman–Crippen LogP) is 3.41. The summed E-state index contributed by atoms with van der Waals surface area (Å²) in [6.45, 7) is 1.91. The number of rotatable bonds is 2. The van der Waals surface area contributed by atoms with Crippen LogP contribution < -0.4 is 0 Å². The van der Waals surface area contributed by atoms with E-state index in [1.165, 1.54) is 0 Å². The van der Waals surface area contributed by atoms with Crippen molar-refractivity contribution in [2.75, 3.05) is 6.61 Å². The van der Waals surface area contributed by atoms with Crippen LogP contribution in [-0.2, 0) is 9.53 Å². The zero-order valence-corrected chi connectivity index (χ0v) is 9.67. The quantitative estimate of drug-likeness (QED) is 0.592. The van der Waals surface area contributed by atoms with Crippen LogP contribution in [0.4, 0.5) is 8.78 Å². The lowest BCUT2D eigenvalue weighted by molar-refractivity contribution is -0.136. The summed E-state index contributed by atoms with van der Waals surface area (Å²) >= 11 is 0. The van der Waals surface area contributed by atoms with Gasteiger partial charge >= 0.3 is 5.97 Å². The van der Waals surface area contributed by atoms with Crippen LogP contribution in [0.15, 0.2) is 42.2 Å². The maximum atomic E-state index is 12.8. The first-order chi connectivity index (χ1) is 8.65. The van der Waals surface area contributed by atoms with Gasteiger partial charge in [0.05, 0.1) is 12.2 Å². The fourth-order valence-corrected chi connectivity index (χ4v) is 1.76. The molecule has 18 heavy (non-hydrogen) atoms. The lowest BCUT2D eigenvalue weighted by atomic mass is 9.91. The molecule has 0 spiro atoms. The number of carbonyl (C=O) groups is 1. The smallest absolute Gasteiger partial charge is 0.346 e. The van der Waals surface area contributed by atoms with Gasteiger partial charge < -0.3 is 4.74 Å². The van der Waals surface area contributed by atoms with Gasteiger partial charge in [-0.05, 0) is 18.6 Å². The average molecular weight is 248 g/mol. The normalized spacial score (nSPS) is 12.8. The van der Waals surface area contributed by atoms with E-state index in [0.717, 1.165) is 6.08 Å². The van der Waals surface area contributed by atoms with E-state index in [-0.39, 0.29) is 17.8 Å². The third kappa shape index (κ3) is 2.11. The predicted molar refractivity (Wildman–Crippen MR) is 63.7 cm³/mol. The first kappa shape index (κ1) is 12.3. The summed E-state index contributed by atoms with van der Waals surface area (Å²) in [5, 5.41) is 0. The van der Waals surface area contributed by atoms with Crippen molar-refractivity contribution in [3.8, 4) is 0 Å². The van der Waals surface area contributed by atoms with Crippen molar-refractivity contribution in [1.29, 1.82) is 0 Å². The molecule has 0 amide bonds. The van der Waals surface area contributed by atoms with E-state index in [1.807, 2.05) is 0 Å². The third-order valence-electron chi connectivity index (χ3n) is 2.53. The van der Waals surface area contributed by atoms with E-state index in [0.29, 0.717) is 11.1 Å². The molecule has 0 saturated carbocycles. The van der Waals surface area contributed by atoms with Gasteiger partial charge in [-0.15, -0.1) is 5.73 Å². The molecule has 0 unspecified atom stereocenters. The van der Waals surface area contributed by atoms with Crippen molar-refractivity contribution in [1.82, 2.24) is 0 Å². The Morgan fingerprint density at radius 2 is 1.94 bits per heavy atom. The van der Waals surface area contributed by atoms with Gasteiger partial charge in [0.25, 0.3) is 6.08 Å². The minimum Gasteiger partial charge on any atom is -0.462 e. The van der Waals surface area contributed by atoms with Gasteiger partial charge in [-0.3, -0.25) is 0 Å². The summed E-state index contributed by atoms with van der Waals surface area (Å²) in [6, 6.07) is 6.47. The Bertz CT molecular complexity index is 590. The van der Waals surface area contributed by atoms with Gasteiger partial charge in [0.15, 0.2) is 0 Å². The molecule has 0 saturated heterocycles. The molecule has 4 heteroatoms. The van der Waals surface area contributed by atoms with Crippen LogP contribution in [0.25, 0.3) is 11.1 Å². The lowest BCUT2D eigenvalue weighted by Gasteiger charge is -2.14. The second kappa shape index (κ2) is 4.98. The van der Waals surface area contributed by atoms with Crippen LogP contribution in [-0.4, -0.2) is 12.6 Å². The van der Waals surface area contributed by atoms with Crippen LogP contribution in [0.2, 0.25) is 0 Å². The Morgan fingerprint density at radius 1 is 1.28 bits per heavy atom. The van der Waals surface area contributed by atoms with Crippen molar-refractivity contribution in [3.63, 3.8) is 0 Å². The van der Waals surface area contributed by atoms with Gasteiger partial charge in [0, 0.05) is 5.56 Å². The van der Waals surface area contributed by atoms with Gasteiger partial charge in [0.1, 0.15) is 5.57 Å². The lowest BCUT2D eigenvalue weighted by Crippen LogP contribution is -2.09. The summed E-state index contributed by atoms with van der Waals surface area (Å²) < 4.78 is 30.4. The molecule has 1 aliphatic carbocycles. The van der Waals surface area contributed by atoms with E-state index in [9.17, 15) is 13.6 Å². The highest BCUT2D eigenvalue weighted by atomic mass is 19.3. The summed E-state index contributed by atoms with van der Waals surface area (Å²) in [4.78, 5) is 11.7. The van der Waals surface area contributed by atoms with Crippen molar-refractivity contribution >= 4 is 17.1 Å². The van der Waals surface area contributed by atoms with E-state index in [4.69, 9.17) is 4.74 Å². The molecular formula is C14H10F2O2. The van der Waals surface area contributed by atoms with Crippen LogP contribution in [0.3, 0.4) is 0 Å². The highest BCUT2D eigenvalue weighted by molar-refractivity contribution is 6.18. The van der Waals surface area contributed by atoms with Crippen molar-refractivity contribution < 1.29 is 18.3 Å². The van der Waals surface area contributed by atoms with Crippen LogP contribution in [0.1, 0.15) is 18.1 Å². The highest BCUT2D eigenvalue weighted by Gasteiger charge is 2.22. The number of ether oxygens (including phenoxy) is 1. The maximum absolute atomic E-state index is 12.8. The Morgan fingerprint density at radius 3 is 2.56 bits per heavy atom. The van der Waals surface area contributed by atoms with E-state index in [1.54, 1.807) is 31.2 Å². The number of benzene rings is 1. The molecule has 1 aromatic rings. The topological polar surface area (TPSA) is 26.3 Å². The molecule has 2 nitrogen and oxygen atoms in total. The van der Waals surface area contributed by atoms with Crippen molar-refractivity contribution in [2.24, 2.45) is 0 Å². The summed E-state index contributed by atoms with van der Waals surface area (Å²) in [5.74, 6) is -0.556. The summed E-state index contributed by atoms with van der Waals surface area (Å²) in [6.07, 6.45) is -0.679. The molecule has 0 aliphatic heterocycles. The number of hydrogen-bond donors (Lipinski definition) is 0. The Hall–Kier alpha value is -2.19. The molecule has 0 heterocycles. The fourth-order valence-electron chi connectivity index (χ4n) is 1.76. The number of esters is 1. The Balaban J connectivity index is 2.61. The zero-order valence-electron chi connectivity index (χ0n) is 9.67. The summed E-state index contributed by atoms with van der Waals surface area (Å²) in [7, 11) is 0. The molecule has 0 aromatic heterocycles. The van der Waals surface area contributed by atoms with Crippen LogP contribution >= 0.6 is 0 Å². The first-order valence-electron chi connectivity index (χ1n) is 5.44. The zero-order chi connectivity index (χ0) is 13.1. The van der Waals surface area contributed by atoms with E-state index < -0.39 is 12.0 Å². The molecule has 1 aromatic carbocycles. The standard InChI is InChI=1S/C14H10F2O2/c1-2-18-14(17)12-8-7-11(13(15)16)9-5-3-4-6-10(9)12/h3-7H,2H2,1H3. The van der Waals surface area contributed by atoms with Gasteiger partial charge in [-0.1, -0.05) is 24.3 Å². The van der Waals surface area contributed by atoms with Gasteiger partial charge in [0.2, 0.25) is 0 Å². The largest absolute Gasteiger partial charge is 0.462 e. The molecule has 0 bridgehead atoms. The SMILES string of the molecule is CCOC(=O)C1=C=CC(=C(F)F)c2ccccc21. The van der Waals surface area contributed by atoms with E-state index >= 15 is 0 Å². The Labute approximate surface area is 103 Å². The number of carbonyl (C=O) groups excluding carboxylic acids is 1. The molecule has 0 fully saturated rings. The fraction of sp³-hybridized carbons (Fsp3) is 0.143. The number of allylic oxidation sites excluding steroid dienone is 1. The van der Waals surface area contributed by atoms with Gasteiger partial charge in [-0.2, -0.15) is 8.78 Å². The van der Waals surface area contributed by atoms with Crippen molar-refractivity contribution in [2.45, 2.75) is 6.92 Å². The molecule has 0 N–H and O–H groups in total. The molecule has 92 valence electrons. The van der Waals surface area contributed by atoms with Gasteiger partial charge in [-0.25, -0.2) is 4.79 Å². The second-order valence-electron chi connectivity index (χ2n) is 3.60. The van der Waals surface area contributed by atoms with E-state index in [2.05, 4.69) is 5.73 Å². The molecule has 2 rings (SSSR count). The highest BCUT2D eigenvalue weighted by Crippen LogP contribution is 2.33. The average Bonchev–Trinajstić information content (AvgIpc) is 2.37. The Kier molecular flexibility index (Phi) is 3.40. The van der Waals surface area contributed by atoms with Crippen LogP contribution in [0, 0.1) is 0 Å². The molecular weight excluding hydrogens is 238 g/mol. The minimum absolute atomic E-state index is 0.178. The maximum Gasteiger partial charge on any atom is 0.346 e. The minimum atomic E-state index is -1.79. The third-order valence-corrected chi connectivity index (χ3v) is 2.53. The number of hydrogen-bond acceptors (Lipinski definition) is 2. The number of fused-ring (bicyclic) bond motifs is 1. The summed E-state index contributed by atoms with van der Waals surface area (Å²) in [5.41, 5.74) is 3.28. The first-order valence-corrected chi connectivity index (χ1v) is 5.44. The molecule has 1 aliphatic rings. The molecule has 0 atom stereocenters. The molecule has 0 radical (unpaired) electrons. The van der Waals surface area contributed by atoms with Crippen molar-refractivity contribution in [3.05, 3.63) is 53.3 Å². The second-order valence-corrected chi connectivity index (χ2v) is 3.60.